The van der Waals surface area contributed by atoms with Gasteiger partial charge in [0.15, 0.2) is 0 Å². The van der Waals surface area contributed by atoms with Gasteiger partial charge in [0.25, 0.3) is 0 Å². The molecule has 0 amide bonds. The highest BCUT2D eigenvalue weighted by Gasteiger charge is 2.07. The van der Waals surface area contributed by atoms with Gasteiger partial charge in [0.2, 0.25) is 0 Å². The van der Waals surface area contributed by atoms with Crippen molar-refractivity contribution in [2.24, 2.45) is 5.92 Å². The van der Waals surface area contributed by atoms with Gasteiger partial charge in [-0.25, -0.2) is 0 Å². The van der Waals surface area contributed by atoms with Crippen LogP contribution in [0.5, 0.6) is 0 Å². The molecule has 0 aliphatic heterocycles. The molecule has 0 saturated carbocycles. The summed E-state index contributed by atoms with van der Waals surface area (Å²) in [7, 11) is -1.16. The van der Waals surface area contributed by atoms with Crippen molar-refractivity contribution < 1.29 is 0 Å². The lowest BCUT2D eigenvalue weighted by atomic mass is 10.1. The van der Waals surface area contributed by atoms with Gasteiger partial charge in [-0.15, -0.1) is 23.8 Å². The maximum absolute atomic E-state index is 5.20. The predicted octanol–water partition coefficient (Wildman–Crippen LogP) is 2.92. The van der Waals surface area contributed by atoms with E-state index in [0.29, 0.717) is 5.92 Å². The maximum atomic E-state index is 5.20. The Morgan fingerprint density at radius 2 is 1.83 bits per heavy atom. The quantitative estimate of drug-likeness (QED) is 0.450. The highest BCUT2D eigenvalue weighted by Crippen LogP contribution is 2.05. The van der Waals surface area contributed by atoms with Gasteiger partial charge < -0.3 is 0 Å². The van der Waals surface area contributed by atoms with Crippen LogP contribution in [0.3, 0.4) is 0 Å². The smallest absolute Gasteiger partial charge is 0.129 e. The molecule has 0 spiro atoms. The highest BCUT2D eigenvalue weighted by atomic mass is 28.3. The van der Waals surface area contributed by atoms with E-state index in [0.717, 1.165) is 12.8 Å². The summed E-state index contributed by atoms with van der Waals surface area (Å²) in [5.74, 6) is 6.44. The minimum Gasteiger partial charge on any atom is -0.132 e. The molecule has 66 valence electrons. The molecule has 0 aromatic heterocycles. The summed E-state index contributed by atoms with van der Waals surface area (Å²) in [6.45, 7) is 8.92. The van der Waals surface area contributed by atoms with E-state index in [9.17, 15) is 0 Å². The van der Waals surface area contributed by atoms with Crippen molar-refractivity contribution in [2.45, 2.75) is 39.4 Å². The van der Waals surface area contributed by atoms with Gasteiger partial charge >= 0.3 is 0 Å². The first-order valence-corrected chi connectivity index (χ1v) is 7.89. The average molecular weight is 178 g/mol. The van der Waals surface area contributed by atoms with Gasteiger partial charge in [0.1, 0.15) is 8.07 Å². The van der Waals surface area contributed by atoms with Crippen LogP contribution in [-0.4, -0.2) is 8.07 Å². The molecule has 0 aromatic rings. The standard InChI is InChI=1S/C11H18Si/c1-6-8-11(2)9-7-10-12(3,4)5/h1,11H,8-9H2,2-5H3/t11-/m1/s1. The molecule has 0 unspecified atom stereocenters. The number of hydrogen-bond donors (Lipinski definition) is 0. The molecule has 0 aromatic carbocycles. The van der Waals surface area contributed by atoms with Crippen LogP contribution in [0.4, 0.5) is 0 Å². The third-order valence-electron chi connectivity index (χ3n) is 1.38. The van der Waals surface area contributed by atoms with Gasteiger partial charge in [0, 0.05) is 12.8 Å². The van der Waals surface area contributed by atoms with Crippen LogP contribution in [0.25, 0.3) is 0 Å². The first kappa shape index (κ1) is 11.3. The lowest BCUT2D eigenvalue weighted by Gasteiger charge is -2.05. The molecule has 0 aliphatic rings. The van der Waals surface area contributed by atoms with E-state index in [-0.39, 0.29) is 0 Å². The van der Waals surface area contributed by atoms with Crippen molar-refractivity contribution in [2.75, 3.05) is 0 Å². The summed E-state index contributed by atoms with van der Waals surface area (Å²) in [5.41, 5.74) is 3.33. The molecule has 1 atom stereocenters. The number of rotatable bonds is 2. The summed E-state index contributed by atoms with van der Waals surface area (Å²) >= 11 is 0. The van der Waals surface area contributed by atoms with Gasteiger partial charge in [-0.2, -0.15) is 0 Å². The summed E-state index contributed by atoms with van der Waals surface area (Å²) < 4.78 is 0. The Balaban J connectivity index is 3.80. The molecule has 0 heterocycles. The van der Waals surface area contributed by atoms with Crippen molar-refractivity contribution in [1.29, 1.82) is 0 Å². The van der Waals surface area contributed by atoms with E-state index < -0.39 is 8.07 Å². The Morgan fingerprint density at radius 3 is 2.25 bits per heavy atom. The largest absolute Gasteiger partial charge is 0.132 e. The van der Waals surface area contributed by atoms with Crippen molar-refractivity contribution in [1.82, 2.24) is 0 Å². The fourth-order valence-corrected chi connectivity index (χ4v) is 1.40. The fraction of sp³-hybridized carbons (Fsp3) is 0.636. The van der Waals surface area contributed by atoms with Crippen LogP contribution in [-0.2, 0) is 0 Å². The van der Waals surface area contributed by atoms with Gasteiger partial charge in [-0.05, 0) is 5.92 Å². The van der Waals surface area contributed by atoms with Gasteiger partial charge in [-0.1, -0.05) is 26.6 Å². The lowest BCUT2D eigenvalue weighted by Crippen LogP contribution is -2.16. The maximum Gasteiger partial charge on any atom is 0.129 e. The minimum absolute atomic E-state index is 0.554. The van der Waals surface area contributed by atoms with E-state index in [1.165, 1.54) is 0 Å². The molecule has 0 saturated heterocycles. The number of terminal acetylenes is 1. The van der Waals surface area contributed by atoms with Crippen molar-refractivity contribution >= 4 is 8.07 Å². The summed E-state index contributed by atoms with van der Waals surface area (Å²) in [4.78, 5) is 0. The van der Waals surface area contributed by atoms with E-state index >= 15 is 0 Å². The Labute approximate surface area is 77.8 Å². The van der Waals surface area contributed by atoms with Crippen LogP contribution >= 0.6 is 0 Å². The second-order valence-electron chi connectivity index (χ2n) is 4.27. The Kier molecular flexibility index (Phi) is 4.79. The normalized spacial score (nSPS) is 12.6. The Hall–Kier alpha value is -0.663. The third-order valence-corrected chi connectivity index (χ3v) is 2.31. The molecule has 12 heavy (non-hydrogen) atoms. The first-order valence-electron chi connectivity index (χ1n) is 4.39. The molecule has 0 nitrogen and oxygen atoms in total. The van der Waals surface area contributed by atoms with Crippen LogP contribution in [0.1, 0.15) is 19.8 Å². The molecule has 0 fully saturated rings. The SMILES string of the molecule is C#CC[C@@H](C)CC#C[Si](C)(C)C. The Bertz CT molecular complexity index is 216. The van der Waals surface area contributed by atoms with Crippen LogP contribution in [0.15, 0.2) is 0 Å². The second-order valence-corrected chi connectivity index (χ2v) is 9.02. The second kappa shape index (κ2) is 5.07. The zero-order valence-corrected chi connectivity index (χ0v) is 9.57. The van der Waals surface area contributed by atoms with E-state index in [1.807, 2.05) is 0 Å². The monoisotopic (exact) mass is 178 g/mol. The molecule has 0 radical (unpaired) electrons. The third kappa shape index (κ3) is 7.44. The van der Waals surface area contributed by atoms with Gasteiger partial charge in [0.05, 0.1) is 0 Å². The molecule has 0 aliphatic carbocycles. The van der Waals surface area contributed by atoms with Crippen molar-refractivity contribution in [3.05, 3.63) is 0 Å². The molecular weight excluding hydrogens is 160 g/mol. The van der Waals surface area contributed by atoms with E-state index in [1.54, 1.807) is 0 Å². The highest BCUT2D eigenvalue weighted by molar-refractivity contribution is 6.83. The summed E-state index contributed by atoms with van der Waals surface area (Å²) in [6, 6.07) is 0. The zero-order chi connectivity index (χ0) is 9.61. The number of hydrogen-bond acceptors (Lipinski definition) is 0. The molecular formula is C11H18Si. The lowest BCUT2D eigenvalue weighted by molar-refractivity contribution is 0.623. The molecule has 0 rings (SSSR count). The van der Waals surface area contributed by atoms with E-state index in [4.69, 9.17) is 6.42 Å². The Morgan fingerprint density at radius 1 is 1.25 bits per heavy atom. The van der Waals surface area contributed by atoms with Crippen LogP contribution < -0.4 is 0 Å². The topological polar surface area (TPSA) is 0 Å². The fourth-order valence-electron chi connectivity index (χ4n) is 0.764. The van der Waals surface area contributed by atoms with Crippen molar-refractivity contribution in [3.8, 4) is 23.8 Å². The first-order chi connectivity index (χ1) is 5.45. The summed E-state index contributed by atoms with van der Waals surface area (Å²) in [5, 5.41) is 0. The zero-order valence-electron chi connectivity index (χ0n) is 8.57. The van der Waals surface area contributed by atoms with Crippen molar-refractivity contribution in [3.63, 3.8) is 0 Å². The molecule has 0 N–H and O–H groups in total. The van der Waals surface area contributed by atoms with Gasteiger partial charge in [-0.3, -0.25) is 0 Å². The average Bonchev–Trinajstić information content (AvgIpc) is 1.84. The van der Waals surface area contributed by atoms with E-state index in [2.05, 4.69) is 43.9 Å². The predicted molar refractivity (Wildman–Crippen MR) is 58.4 cm³/mol. The summed E-state index contributed by atoms with van der Waals surface area (Å²) in [6.07, 6.45) is 7.00. The van der Waals surface area contributed by atoms with Crippen LogP contribution in [0.2, 0.25) is 19.6 Å². The molecule has 1 heteroatoms. The minimum atomic E-state index is -1.16. The molecule has 0 bridgehead atoms. The van der Waals surface area contributed by atoms with Crippen LogP contribution in [0, 0.1) is 29.7 Å².